The van der Waals surface area contributed by atoms with Crippen molar-refractivity contribution in [2.24, 2.45) is 0 Å². The van der Waals surface area contributed by atoms with Gasteiger partial charge < -0.3 is 10.4 Å². The largest absolute Gasteiger partial charge is 0.394 e. The van der Waals surface area contributed by atoms with Crippen molar-refractivity contribution in [2.75, 3.05) is 6.61 Å². The van der Waals surface area contributed by atoms with E-state index in [0.717, 1.165) is 12.1 Å². The molecule has 0 unspecified atom stereocenters. The van der Waals surface area contributed by atoms with Crippen molar-refractivity contribution in [3.8, 4) is 0 Å². The summed E-state index contributed by atoms with van der Waals surface area (Å²) in [5.41, 5.74) is 0.189. The number of carbonyl (C=O) groups is 1. The molecule has 0 saturated heterocycles. The van der Waals surface area contributed by atoms with Crippen molar-refractivity contribution in [1.29, 1.82) is 0 Å². The number of benzene rings is 2. The molecule has 110 valence electrons. The van der Waals surface area contributed by atoms with Crippen LogP contribution in [0.25, 0.3) is 0 Å². The Morgan fingerprint density at radius 1 is 1.19 bits per heavy atom. The minimum Gasteiger partial charge on any atom is -0.394 e. The molecule has 0 saturated carbocycles. The highest BCUT2D eigenvalue weighted by Crippen LogP contribution is 2.20. The minimum absolute atomic E-state index is 0.368. The van der Waals surface area contributed by atoms with E-state index in [1.807, 2.05) is 0 Å². The molecule has 1 atom stereocenters. The van der Waals surface area contributed by atoms with Gasteiger partial charge in [-0.25, -0.2) is 8.78 Å². The van der Waals surface area contributed by atoms with Gasteiger partial charge in [0.25, 0.3) is 5.91 Å². The normalized spacial score (nSPS) is 12.0. The van der Waals surface area contributed by atoms with Crippen LogP contribution in [0.3, 0.4) is 0 Å². The molecule has 3 nitrogen and oxygen atoms in total. The average Bonchev–Trinajstić information content (AvgIpc) is 2.49. The van der Waals surface area contributed by atoms with E-state index in [1.54, 1.807) is 30.3 Å². The molecule has 0 aliphatic heterocycles. The summed E-state index contributed by atoms with van der Waals surface area (Å²) in [6.45, 7) is -0.368. The topological polar surface area (TPSA) is 49.3 Å². The number of hydrogen-bond donors (Lipinski definition) is 2. The molecule has 0 fully saturated rings. The molecule has 0 aliphatic carbocycles. The van der Waals surface area contributed by atoms with Gasteiger partial charge in [0, 0.05) is 0 Å². The summed E-state index contributed by atoms with van der Waals surface area (Å²) in [4.78, 5) is 12.0. The maximum Gasteiger partial charge on any atom is 0.254 e. The van der Waals surface area contributed by atoms with Crippen molar-refractivity contribution < 1.29 is 18.7 Å². The molecule has 2 aromatic carbocycles. The molecule has 2 rings (SSSR count). The summed E-state index contributed by atoms with van der Waals surface area (Å²) in [6.07, 6.45) is 0. The van der Waals surface area contributed by atoms with Gasteiger partial charge in [-0.05, 0) is 17.7 Å². The third kappa shape index (κ3) is 3.56. The fraction of sp³-hybridized carbons (Fsp3) is 0.133. The van der Waals surface area contributed by atoms with Crippen molar-refractivity contribution in [3.05, 3.63) is 70.2 Å². The van der Waals surface area contributed by atoms with Crippen LogP contribution < -0.4 is 5.32 Å². The maximum atomic E-state index is 13.7. The van der Waals surface area contributed by atoms with Crippen LogP contribution in [0, 0.1) is 11.6 Å². The van der Waals surface area contributed by atoms with Crippen LogP contribution in [-0.2, 0) is 0 Å². The van der Waals surface area contributed by atoms with Gasteiger partial charge in [0.15, 0.2) is 0 Å². The molecule has 21 heavy (non-hydrogen) atoms. The number of halogens is 3. The van der Waals surface area contributed by atoms with Crippen molar-refractivity contribution in [2.45, 2.75) is 6.04 Å². The van der Waals surface area contributed by atoms with E-state index in [4.69, 9.17) is 11.6 Å². The predicted octanol–water partition coefficient (Wildman–Crippen LogP) is 3.08. The van der Waals surface area contributed by atoms with Gasteiger partial charge in [0.05, 0.1) is 23.2 Å². The highest BCUT2D eigenvalue weighted by molar-refractivity contribution is 6.30. The van der Waals surface area contributed by atoms with Crippen LogP contribution in [0.4, 0.5) is 8.78 Å². The Labute approximate surface area is 125 Å². The summed E-state index contributed by atoms with van der Waals surface area (Å²) >= 11 is 5.43. The molecule has 2 aromatic rings. The maximum absolute atomic E-state index is 13.7. The third-order valence-corrected chi connectivity index (χ3v) is 3.23. The fourth-order valence-corrected chi connectivity index (χ4v) is 2.00. The lowest BCUT2D eigenvalue weighted by molar-refractivity contribution is 0.0911. The molecule has 0 bridgehead atoms. The summed E-state index contributed by atoms with van der Waals surface area (Å²) in [5, 5.41) is 11.4. The molecule has 0 radical (unpaired) electrons. The molecule has 0 aromatic heterocycles. The predicted molar refractivity (Wildman–Crippen MR) is 75.1 cm³/mol. The van der Waals surface area contributed by atoms with E-state index >= 15 is 0 Å². The van der Waals surface area contributed by atoms with E-state index in [0.29, 0.717) is 5.56 Å². The lowest BCUT2D eigenvalue weighted by Crippen LogP contribution is -2.31. The number of amides is 1. The van der Waals surface area contributed by atoms with Crippen LogP contribution >= 0.6 is 11.6 Å². The zero-order valence-corrected chi connectivity index (χ0v) is 11.6. The second-order valence-corrected chi connectivity index (χ2v) is 4.77. The van der Waals surface area contributed by atoms with Gasteiger partial charge in [0.1, 0.15) is 11.6 Å². The lowest BCUT2D eigenvalue weighted by Gasteiger charge is -2.17. The first-order chi connectivity index (χ1) is 10.0. The highest BCUT2D eigenvalue weighted by Gasteiger charge is 2.19. The van der Waals surface area contributed by atoms with E-state index < -0.39 is 34.2 Å². The summed E-state index contributed by atoms with van der Waals surface area (Å²) in [6, 6.07) is 9.44. The molecule has 0 aliphatic rings. The second-order valence-electron chi connectivity index (χ2n) is 4.37. The second kappa shape index (κ2) is 6.65. The first-order valence-electron chi connectivity index (χ1n) is 6.14. The van der Waals surface area contributed by atoms with E-state index in [9.17, 15) is 18.7 Å². The number of aliphatic hydroxyl groups excluding tert-OH is 1. The van der Waals surface area contributed by atoms with Crippen LogP contribution in [0.5, 0.6) is 0 Å². The molecule has 1 amide bonds. The zero-order chi connectivity index (χ0) is 15.4. The summed E-state index contributed by atoms with van der Waals surface area (Å²) in [5.74, 6) is -2.64. The number of nitrogens with one attached hydrogen (secondary N) is 1. The molecule has 6 heteroatoms. The lowest BCUT2D eigenvalue weighted by atomic mass is 10.1. The van der Waals surface area contributed by atoms with Gasteiger partial charge in [-0.2, -0.15) is 0 Å². The van der Waals surface area contributed by atoms with Crippen LogP contribution in [0.15, 0.2) is 42.5 Å². The Kier molecular flexibility index (Phi) is 4.88. The summed E-state index contributed by atoms with van der Waals surface area (Å²) < 4.78 is 27.0. The van der Waals surface area contributed by atoms with Gasteiger partial charge in [-0.3, -0.25) is 4.79 Å². The average molecular weight is 312 g/mol. The van der Waals surface area contributed by atoms with Crippen LogP contribution in [-0.4, -0.2) is 17.6 Å². The number of hydrogen-bond acceptors (Lipinski definition) is 2. The fourth-order valence-electron chi connectivity index (χ4n) is 1.85. The van der Waals surface area contributed by atoms with Crippen molar-refractivity contribution >= 4 is 17.5 Å². The Morgan fingerprint density at radius 3 is 2.48 bits per heavy atom. The minimum atomic E-state index is -0.927. The van der Waals surface area contributed by atoms with Gasteiger partial charge in [0.2, 0.25) is 0 Å². The Bertz CT molecular complexity index is 650. The Hall–Kier alpha value is -1.98. The highest BCUT2D eigenvalue weighted by atomic mass is 35.5. The molecule has 0 heterocycles. The van der Waals surface area contributed by atoms with E-state index in [1.165, 1.54) is 0 Å². The monoisotopic (exact) mass is 311 g/mol. The van der Waals surface area contributed by atoms with Crippen molar-refractivity contribution in [1.82, 2.24) is 5.32 Å². The standard InChI is InChI=1S/C15H12ClF2NO2/c16-11-7-12(17)10(6-13(11)18)15(21)19-14(8-20)9-4-2-1-3-5-9/h1-7,14,20H,8H2,(H,19,21)/t14-/m1/s1. The zero-order valence-electron chi connectivity index (χ0n) is 10.8. The number of carbonyl (C=O) groups excluding carboxylic acids is 1. The van der Waals surface area contributed by atoms with Crippen LogP contribution in [0.2, 0.25) is 5.02 Å². The molecule has 2 N–H and O–H groups in total. The quantitative estimate of drug-likeness (QED) is 0.853. The van der Waals surface area contributed by atoms with E-state index in [-0.39, 0.29) is 6.61 Å². The number of aliphatic hydroxyl groups is 1. The van der Waals surface area contributed by atoms with Gasteiger partial charge >= 0.3 is 0 Å². The van der Waals surface area contributed by atoms with Crippen LogP contribution in [0.1, 0.15) is 22.0 Å². The summed E-state index contributed by atoms with van der Waals surface area (Å²) in [7, 11) is 0. The Balaban J connectivity index is 2.23. The first kappa shape index (κ1) is 15.4. The Morgan fingerprint density at radius 2 is 1.86 bits per heavy atom. The SMILES string of the molecule is O=C(N[C@H](CO)c1ccccc1)c1cc(F)c(Cl)cc1F. The van der Waals surface area contributed by atoms with E-state index in [2.05, 4.69) is 5.32 Å². The number of rotatable bonds is 4. The molecule has 0 spiro atoms. The van der Waals surface area contributed by atoms with Gasteiger partial charge in [-0.1, -0.05) is 41.9 Å². The first-order valence-corrected chi connectivity index (χ1v) is 6.52. The molecular formula is C15H12ClF2NO2. The van der Waals surface area contributed by atoms with Crippen molar-refractivity contribution in [3.63, 3.8) is 0 Å². The smallest absolute Gasteiger partial charge is 0.254 e. The molecular weight excluding hydrogens is 300 g/mol. The van der Waals surface area contributed by atoms with Gasteiger partial charge in [-0.15, -0.1) is 0 Å². The third-order valence-electron chi connectivity index (χ3n) is 2.94.